The van der Waals surface area contributed by atoms with Gasteiger partial charge < -0.3 is 4.74 Å². The molecule has 2 heterocycles. The molecule has 0 saturated heterocycles. The van der Waals surface area contributed by atoms with Crippen LogP contribution < -0.4 is 15.0 Å². The van der Waals surface area contributed by atoms with Crippen molar-refractivity contribution in [2.45, 2.75) is 46.1 Å². The average Bonchev–Trinajstić information content (AvgIpc) is 3.04. The normalized spacial score (nSPS) is 11.7. The van der Waals surface area contributed by atoms with Gasteiger partial charge in [0.1, 0.15) is 11.4 Å². The molecule has 166 valence electrons. The van der Waals surface area contributed by atoms with Gasteiger partial charge in [-0.05, 0) is 63.4 Å². The van der Waals surface area contributed by atoms with E-state index in [-0.39, 0.29) is 23.5 Å². The van der Waals surface area contributed by atoms with Gasteiger partial charge in [0, 0.05) is 12.6 Å². The molecule has 0 unspecified atom stereocenters. The Hall–Kier alpha value is -2.56. The van der Waals surface area contributed by atoms with Gasteiger partial charge in [-0.3, -0.25) is 4.79 Å². The smallest absolute Gasteiger partial charge is 0.266 e. The van der Waals surface area contributed by atoms with Crippen LogP contribution in [0.1, 0.15) is 27.4 Å². The summed E-state index contributed by atoms with van der Waals surface area (Å²) in [5, 5.41) is 5.32. The van der Waals surface area contributed by atoms with Crippen LogP contribution in [0, 0.1) is 34.6 Å². The van der Waals surface area contributed by atoms with Gasteiger partial charge in [-0.25, -0.2) is 22.8 Å². The first-order valence-corrected chi connectivity index (χ1v) is 12.0. The largest absolute Gasteiger partial charge is 0.496 e. The zero-order chi connectivity index (χ0) is 22.9. The molecule has 1 N–H and O–H groups in total. The van der Waals surface area contributed by atoms with E-state index in [9.17, 15) is 13.2 Å². The highest BCUT2D eigenvalue weighted by molar-refractivity contribution is 7.89. The number of nitrogens with zero attached hydrogens (tertiary/aromatic N) is 3. The number of hydrogen-bond acceptors (Lipinski definition) is 7. The summed E-state index contributed by atoms with van der Waals surface area (Å²) in [7, 11) is -2.20. The number of nitrogens with one attached hydrogen (secondary N) is 1. The number of hydrogen-bond donors (Lipinski definition) is 1. The molecule has 31 heavy (non-hydrogen) atoms. The third-order valence-corrected chi connectivity index (χ3v) is 7.77. The second-order valence-corrected chi connectivity index (χ2v) is 10.2. The maximum atomic E-state index is 12.9. The monoisotopic (exact) mass is 462 g/mol. The van der Waals surface area contributed by atoms with Crippen LogP contribution in [0.3, 0.4) is 0 Å². The Morgan fingerprint density at radius 2 is 1.84 bits per heavy atom. The van der Waals surface area contributed by atoms with Crippen LogP contribution in [0.2, 0.25) is 0 Å². The number of aromatic nitrogens is 3. The Balaban J connectivity index is 1.81. The van der Waals surface area contributed by atoms with E-state index in [0.717, 1.165) is 26.7 Å². The van der Waals surface area contributed by atoms with Crippen molar-refractivity contribution in [2.75, 3.05) is 13.7 Å². The van der Waals surface area contributed by atoms with Crippen molar-refractivity contribution in [1.29, 1.82) is 0 Å². The summed E-state index contributed by atoms with van der Waals surface area (Å²) >= 11 is 1.50. The van der Waals surface area contributed by atoms with E-state index in [1.807, 2.05) is 27.7 Å². The summed E-state index contributed by atoms with van der Waals surface area (Å²) in [6.45, 7) is 9.34. The number of methoxy groups -OCH3 is 1. The highest BCUT2D eigenvalue weighted by Crippen LogP contribution is 2.31. The first-order valence-electron chi connectivity index (χ1n) is 9.72. The zero-order valence-electron chi connectivity index (χ0n) is 18.4. The number of rotatable bonds is 7. The molecule has 0 atom stereocenters. The van der Waals surface area contributed by atoms with E-state index in [2.05, 4.69) is 14.8 Å². The van der Waals surface area contributed by atoms with Gasteiger partial charge in [-0.1, -0.05) is 0 Å². The van der Waals surface area contributed by atoms with Gasteiger partial charge in [0.05, 0.1) is 34.1 Å². The first-order chi connectivity index (χ1) is 14.5. The number of benzene rings is 1. The molecule has 0 aliphatic heterocycles. The van der Waals surface area contributed by atoms with Gasteiger partial charge >= 0.3 is 0 Å². The molecule has 0 spiro atoms. The summed E-state index contributed by atoms with van der Waals surface area (Å²) in [4.78, 5) is 17.7. The van der Waals surface area contributed by atoms with Gasteiger partial charge in [0.15, 0.2) is 0 Å². The van der Waals surface area contributed by atoms with Gasteiger partial charge in [-0.15, -0.1) is 11.3 Å². The minimum Gasteiger partial charge on any atom is -0.496 e. The summed E-state index contributed by atoms with van der Waals surface area (Å²) < 4.78 is 35.0. The van der Waals surface area contributed by atoms with Crippen molar-refractivity contribution >= 4 is 21.4 Å². The van der Waals surface area contributed by atoms with E-state index in [0.29, 0.717) is 17.0 Å². The third kappa shape index (κ3) is 4.70. The number of sulfonamides is 1. The first kappa shape index (κ1) is 23.1. The number of aryl methyl sites for hydroxylation is 3. The predicted molar refractivity (Wildman–Crippen MR) is 121 cm³/mol. The van der Waals surface area contributed by atoms with Crippen molar-refractivity contribution in [3.8, 4) is 16.3 Å². The molecule has 0 fully saturated rings. The minimum atomic E-state index is -3.77. The van der Waals surface area contributed by atoms with Crippen LogP contribution in [-0.2, 0) is 16.6 Å². The van der Waals surface area contributed by atoms with E-state index in [1.165, 1.54) is 22.1 Å². The quantitative estimate of drug-likeness (QED) is 0.579. The third-order valence-electron chi connectivity index (χ3n) is 5.09. The van der Waals surface area contributed by atoms with Crippen molar-refractivity contribution in [2.24, 2.45) is 0 Å². The van der Waals surface area contributed by atoms with E-state index in [4.69, 9.17) is 4.74 Å². The molecule has 0 bridgehead atoms. The van der Waals surface area contributed by atoms with Gasteiger partial charge in [0.2, 0.25) is 10.0 Å². The Morgan fingerprint density at radius 1 is 1.13 bits per heavy atom. The Bertz CT molecular complexity index is 1290. The second-order valence-electron chi connectivity index (χ2n) is 7.30. The van der Waals surface area contributed by atoms with Crippen LogP contribution in [0.5, 0.6) is 5.75 Å². The second kappa shape index (κ2) is 8.89. The summed E-state index contributed by atoms with van der Waals surface area (Å²) in [6.07, 6.45) is 0. The zero-order valence-corrected chi connectivity index (χ0v) is 20.1. The molecule has 1 aromatic carbocycles. The van der Waals surface area contributed by atoms with Crippen LogP contribution in [0.4, 0.5) is 0 Å². The fourth-order valence-corrected chi connectivity index (χ4v) is 5.77. The Kier molecular flexibility index (Phi) is 6.63. The molecule has 3 rings (SSSR count). The standard InChI is InChI=1S/C21H26N4O4S2/c1-12-11-18(13(2)14(3)20(12)29-6)31(27,28)22-9-10-25-19(26)8-7-17(24-25)21-15(4)23-16(5)30-21/h7-8,11,22H,9-10H2,1-6H3. The fourth-order valence-electron chi connectivity index (χ4n) is 3.48. The van der Waals surface area contributed by atoms with E-state index in [1.54, 1.807) is 26.2 Å². The molecule has 2 aromatic heterocycles. The molecular weight excluding hydrogens is 436 g/mol. The van der Waals surface area contributed by atoms with Crippen LogP contribution >= 0.6 is 11.3 Å². The number of ether oxygens (including phenoxy) is 1. The Labute approximate surface area is 186 Å². The van der Waals surface area contributed by atoms with Crippen molar-refractivity contribution < 1.29 is 13.2 Å². The topological polar surface area (TPSA) is 103 Å². The van der Waals surface area contributed by atoms with Crippen molar-refractivity contribution in [3.05, 3.63) is 55.9 Å². The van der Waals surface area contributed by atoms with Crippen molar-refractivity contribution in [1.82, 2.24) is 19.5 Å². The molecule has 0 aliphatic rings. The van der Waals surface area contributed by atoms with Crippen LogP contribution in [0.15, 0.2) is 27.9 Å². The molecule has 8 nitrogen and oxygen atoms in total. The van der Waals surface area contributed by atoms with Gasteiger partial charge in [0.25, 0.3) is 5.56 Å². The molecule has 0 radical (unpaired) electrons. The fraction of sp³-hybridized carbons (Fsp3) is 0.381. The van der Waals surface area contributed by atoms with E-state index < -0.39 is 10.0 Å². The predicted octanol–water partition coefficient (Wildman–Crippen LogP) is 2.90. The lowest BCUT2D eigenvalue weighted by molar-refractivity contribution is 0.407. The number of thiazole rings is 1. The van der Waals surface area contributed by atoms with Gasteiger partial charge in [-0.2, -0.15) is 5.10 Å². The maximum absolute atomic E-state index is 12.9. The average molecular weight is 463 g/mol. The maximum Gasteiger partial charge on any atom is 0.266 e. The molecule has 10 heteroatoms. The molecule has 3 aromatic rings. The summed E-state index contributed by atoms with van der Waals surface area (Å²) in [5.74, 6) is 0.678. The highest BCUT2D eigenvalue weighted by Gasteiger charge is 2.21. The lowest BCUT2D eigenvalue weighted by Gasteiger charge is -2.16. The highest BCUT2D eigenvalue weighted by atomic mass is 32.2. The lowest BCUT2D eigenvalue weighted by atomic mass is 10.1. The SMILES string of the molecule is COc1c(C)cc(S(=O)(=O)NCCn2nc(-c3sc(C)nc3C)ccc2=O)c(C)c1C. The minimum absolute atomic E-state index is 0.0307. The lowest BCUT2D eigenvalue weighted by Crippen LogP contribution is -2.32. The molecule has 0 amide bonds. The molecule has 0 saturated carbocycles. The van der Waals surface area contributed by atoms with Crippen molar-refractivity contribution in [3.63, 3.8) is 0 Å². The Morgan fingerprint density at radius 3 is 2.45 bits per heavy atom. The summed E-state index contributed by atoms with van der Waals surface area (Å²) in [6, 6.07) is 4.70. The van der Waals surface area contributed by atoms with Crippen LogP contribution in [-0.4, -0.2) is 36.8 Å². The molecule has 0 aliphatic carbocycles. The summed E-state index contributed by atoms with van der Waals surface area (Å²) in [5.41, 5.74) is 3.34. The van der Waals surface area contributed by atoms with E-state index >= 15 is 0 Å². The molecular formula is C21H26N4O4S2. The van der Waals surface area contributed by atoms with Crippen LogP contribution in [0.25, 0.3) is 10.6 Å².